The topological polar surface area (TPSA) is 76.7 Å². The van der Waals surface area contributed by atoms with Gasteiger partial charge in [0.15, 0.2) is 5.82 Å². The van der Waals surface area contributed by atoms with Crippen molar-refractivity contribution < 1.29 is 4.74 Å². The molecule has 0 atom stereocenters. The van der Waals surface area contributed by atoms with Gasteiger partial charge in [-0.05, 0) is 49.9 Å². The number of pyridine rings is 1. The summed E-state index contributed by atoms with van der Waals surface area (Å²) in [6.45, 7) is 3.84. The van der Waals surface area contributed by atoms with Crippen LogP contribution in [0.5, 0.6) is 0 Å². The van der Waals surface area contributed by atoms with Crippen molar-refractivity contribution in [2.24, 2.45) is 7.05 Å². The number of nitrogens with zero attached hydrogens (tertiary/aromatic N) is 4. The molecule has 0 saturated heterocycles. The maximum atomic E-state index is 8.29. The molecule has 0 amide bonds. The zero-order valence-corrected chi connectivity index (χ0v) is 15.8. The first kappa shape index (κ1) is 17.4. The number of aromatic nitrogens is 4. The van der Waals surface area contributed by atoms with E-state index in [-0.39, 0.29) is 12.0 Å². The number of hydrogen-bond acceptors (Lipinski definition) is 5. The van der Waals surface area contributed by atoms with Gasteiger partial charge in [-0.3, -0.25) is 5.41 Å². The van der Waals surface area contributed by atoms with Crippen LogP contribution in [-0.4, -0.2) is 31.8 Å². The van der Waals surface area contributed by atoms with Crippen LogP contribution >= 0.6 is 0 Å². The Balaban J connectivity index is 1.84. The largest absolute Gasteiger partial charge is 0.474 e. The van der Waals surface area contributed by atoms with Gasteiger partial charge in [-0.25, -0.2) is 4.98 Å². The van der Waals surface area contributed by atoms with Crippen LogP contribution in [0, 0.1) is 5.41 Å². The number of hydrogen-bond donors (Lipinski definition) is 1. The quantitative estimate of drug-likeness (QED) is 0.546. The molecule has 0 unspecified atom stereocenters. The summed E-state index contributed by atoms with van der Waals surface area (Å²) < 4.78 is 7.51. The van der Waals surface area contributed by atoms with E-state index in [0.29, 0.717) is 11.6 Å². The molecule has 1 fully saturated rings. The van der Waals surface area contributed by atoms with Gasteiger partial charge in [0.2, 0.25) is 5.90 Å². The van der Waals surface area contributed by atoms with E-state index in [0.717, 1.165) is 41.1 Å². The fourth-order valence-electron chi connectivity index (χ4n) is 3.16. The SMILES string of the molecule is CC(C)OC(=N)c1cc(-c2ccccc2-c2nncn2C)cc(C2CC2)n1. The summed E-state index contributed by atoms with van der Waals surface area (Å²) in [7, 11) is 1.94. The predicted molar refractivity (Wildman–Crippen MR) is 105 cm³/mol. The second-order valence-electron chi connectivity index (χ2n) is 7.25. The van der Waals surface area contributed by atoms with Crippen LogP contribution in [0.25, 0.3) is 22.5 Å². The van der Waals surface area contributed by atoms with Gasteiger partial charge >= 0.3 is 0 Å². The van der Waals surface area contributed by atoms with Gasteiger partial charge in [0, 0.05) is 24.2 Å². The third kappa shape index (κ3) is 3.60. The highest BCUT2D eigenvalue weighted by atomic mass is 16.5. The summed E-state index contributed by atoms with van der Waals surface area (Å²) in [6, 6.07) is 12.2. The Kier molecular flexibility index (Phi) is 4.48. The van der Waals surface area contributed by atoms with Crippen molar-refractivity contribution in [1.29, 1.82) is 5.41 Å². The highest BCUT2D eigenvalue weighted by Gasteiger charge is 2.27. The van der Waals surface area contributed by atoms with Crippen LogP contribution in [0.3, 0.4) is 0 Å². The van der Waals surface area contributed by atoms with Crippen LogP contribution in [0.4, 0.5) is 0 Å². The zero-order chi connectivity index (χ0) is 19.0. The molecule has 6 nitrogen and oxygen atoms in total. The van der Waals surface area contributed by atoms with Gasteiger partial charge in [0.05, 0.1) is 6.10 Å². The second-order valence-corrected chi connectivity index (χ2v) is 7.25. The molecule has 0 spiro atoms. The number of aryl methyl sites for hydroxylation is 1. The minimum atomic E-state index is -0.0572. The summed E-state index contributed by atoms with van der Waals surface area (Å²) >= 11 is 0. The molecule has 4 rings (SSSR count). The Morgan fingerprint density at radius 2 is 1.93 bits per heavy atom. The summed E-state index contributed by atoms with van der Waals surface area (Å²) in [6.07, 6.45) is 3.95. The van der Waals surface area contributed by atoms with E-state index in [1.54, 1.807) is 6.33 Å². The van der Waals surface area contributed by atoms with Crippen molar-refractivity contribution in [2.75, 3.05) is 0 Å². The van der Waals surface area contributed by atoms with Gasteiger partial charge < -0.3 is 9.30 Å². The Bertz CT molecular complexity index is 988. The predicted octanol–water partition coefficient (Wildman–Crippen LogP) is 4.17. The molecular weight excluding hydrogens is 338 g/mol. The number of ether oxygens (including phenoxy) is 1. The lowest BCUT2D eigenvalue weighted by atomic mass is 9.97. The summed E-state index contributed by atoms with van der Waals surface area (Å²) in [5.74, 6) is 1.41. The van der Waals surface area contributed by atoms with E-state index in [2.05, 4.69) is 22.3 Å². The van der Waals surface area contributed by atoms with Crippen molar-refractivity contribution in [1.82, 2.24) is 19.7 Å². The number of rotatable bonds is 5. The maximum absolute atomic E-state index is 8.29. The lowest BCUT2D eigenvalue weighted by Gasteiger charge is -2.14. The van der Waals surface area contributed by atoms with Gasteiger partial charge in [0.1, 0.15) is 12.0 Å². The highest BCUT2D eigenvalue weighted by molar-refractivity contribution is 5.92. The Morgan fingerprint density at radius 3 is 2.56 bits per heavy atom. The molecule has 6 heteroatoms. The Labute approximate surface area is 158 Å². The lowest BCUT2D eigenvalue weighted by Crippen LogP contribution is -2.14. The third-order valence-electron chi connectivity index (χ3n) is 4.62. The van der Waals surface area contributed by atoms with E-state index in [4.69, 9.17) is 15.1 Å². The first-order valence-corrected chi connectivity index (χ1v) is 9.24. The van der Waals surface area contributed by atoms with Crippen LogP contribution in [0.15, 0.2) is 42.7 Å². The first-order valence-electron chi connectivity index (χ1n) is 9.24. The van der Waals surface area contributed by atoms with E-state index >= 15 is 0 Å². The van der Waals surface area contributed by atoms with Crippen molar-refractivity contribution in [3.63, 3.8) is 0 Å². The molecule has 1 N–H and O–H groups in total. The molecular formula is C21H23N5O. The van der Waals surface area contributed by atoms with E-state index in [9.17, 15) is 0 Å². The summed E-state index contributed by atoms with van der Waals surface area (Å²) in [5, 5.41) is 16.6. The molecule has 1 aliphatic rings. The second kappa shape index (κ2) is 6.95. The van der Waals surface area contributed by atoms with E-state index in [1.807, 2.05) is 49.7 Å². The minimum absolute atomic E-state index is 0.0572. The maximum Gasteiger partial charge on any atom is 0.232 e. The fraction of sp³-hybridized carbons (Fsp3) is 0.333. The molecule has 27 heavy (non-hydrogen) atoms. The lowest BCUT2D eigenvalue weighted by molar-refractivity contribution is 0.226. The summed E-state index contributed by atoms with van der Waals surface area (Å²) in [4.78, 5) is 4.70. The molecule has 3 aromatic rings. The van der Waals surface area contributed by atoms with Crippen LogP contribution in [0.1, 0.15) is 44.0 Å². The molecule has 138 valence electrons. The molecule has 2 aromatic heterocycles. The van der Waals surface area contributed by atoms with Gasteiger partial charge in [-0.2, -0.15) is 0 Å². The van der Waals surface area contributed by atoms with Gasteiger partial charge in [-0.1, -0.05) is 24.3 Å². The average molecular weight is 361 g/mol. The first-order chi connectivity index (χ1) is 13.0. The zero-order valence-electron chi connectivity index (χ0n) is 15.8. The molecule has 0 bridgehead atoms. The van der Waals surface area contributed by atoms with Crippen molar-refractivity contribution >= 4 is 5.90 Å². The fourth-order valence-corrected chi connectivity index (χ4v) is 3.16. The van der Waals surface area contributed by atoms with Gasteiger partial charge in [-0.15, -0.1) is 10.2 Å². The van der Waals surface area contributed by atoms with Gasteiger partial charge in [0.25, 0.3) is 0 Å². The standard InChI is InChI=1S/C21H23N5O/c1-13(2)27-20(22)19-11-15(10-18(24-19)14-8-9-14)16-6-4-5-7-17(16)21-25-23-12-26(21)3/h4-7,10-14,22H,8-9H2,1-3H3. The number of nitrogens with one attached hydrogen (secondary N) is 1. The van der Waals surface area contributed by atoms with Crippen LogP contribution in [0.2, 0.25) is 0 Å². The number of benzene rings is 1. The van der Waals surface area contributed by atoms with Crippen molar-refractivity contribution in [3.8, 4) is 22.5 Å². The van der Waals surface area contributed by atoms with E-state index < -0.39 is 0 Å². The average Bonchev–Trinajstić information content (AvgIpc) is 3.42. The highest BCUT2D eigenvalue weighted by Crippen LogP contribution is 2.41. The summed E-state index contributed by atoms with van der Waals surface area (Å²) in [5.41, 5.74) is 4.70. The molecule has 1 aromatic carbocycles. The Morgan fingerprint density at radius 1 is 1.19 bits per heavy atom. The molecule has 0 aliphatic heterocycles. The monoisotopic (exact) mass is 361 g/mol. The molecule has 1 saturated carbocycles. The Hall–Kier alpha value is -3.02. The molecule has 2 heterocycles. The molecule has 1 aliphatic carbocycles. The van der Waals surface area contributed by atoms with E-state index in [1.165, 1.54) is 0 Å². The smallest absolute Gasteiger partial charge is 0.232 e. The van der Waals surface area contributed by atoms with Crippen molar-refractivity contribution in [3.05, 3.63) is 54.1 Å². The minimum Gasteiger partial charge on any atom is -0.474 e. The molecule has 0 radical (unpaired) electrons. The van der Waals surface area contributed by atoms with Crippen LogP contribution in [-0.2, 0) is 11.8 Å². The van der Waals surface area contributed by atoms with Crippen LogP contribution < -0.4 is 0 Å². The normalized spacial score (nSPS) is 13.8. The third-order valence-corrected chi connectivity index (χ3v) is 4.62. The van der Waals surface area contributed by atoms with Crippen molar-refractivity contribution in [2.45, 2.75) is 38.7 Å².